The predicted octanol–water partition coefficient (Wildman–Crippen LogP) is 1.22. The Balaban J connectivity index is 2.10. The second kappa shape index (κ2) is 4.55. The van der Waals surface area contributed by atoms with E-state index in [2.05, 4.69) is 17.1 Å². The minimum absolute atomic E-state index is 0.268. The molecule has 1 saturated heterocycles. The highest BCUT2D eigenvalue weighted by Crippen LogP contribution is 2.26. The number of hydrogen-bond donors (Lipinski definition) is 1. The van der Waals surface area contributed by atoms with Crippen molar-refractivity contribution < 1.29 is 8.42 Å². The molecule has 1 N–H and O–H groups in total. The fourth-order valence-corrected chi connectivity index (χ4v) is 3.63. The lowest BCUT2D eigenvalue weighted by molar-refractivity contribution is 0.444. The smallest absolute Gasteiger partial charge is 0.246 e. The lowest BCUT2D eigenvalue weighted by atomic mass is 10.0. The van der Waals surface area contributed by atoms with E-state index in [0.29, 0.717) is 19.0 Å². The average molecular weight is 243 g/mol. The Kier molecular flexibility index (Phi) is 3.30. The third-order valence-electron chi connectivity index (χ3n) is 3.06. The first kappa shape index (κ1) is 11.6. The SMILES string of the molecule is CCCC1CCN(S(=O)(=O)c2cn[nH]c2)C1. The molecule has 1 atom stereocenters. The van der Waals surface area contributed by atoms with Gasteiger partial charge in [0.15, 0.2) is 0 Å². The highest BCUT2D eigenvalue weighted by molar-refractivity contribution is 7.89. The van der Waals surface area contributed by atoms with Gasteiger partial charge < -0.3 is 0 Å². The molecule has 6 heteroatoms. The molecule has 90 valence electrons. The van der Waals surface area contributed by atoms with Crippen LogP contribution in [0.5, 0.6) is 0 Å². The van der Waals surface area contributed by atoms with Crippen molar-refractivity contribution in [2.24, 2.45) is 5.92 Å². The van der Waals surface area contributed by atoms with Crippen LogP contribution in [0.4, 0.5) is 0 Å². The third-order valence-corrected chi connectivity index (χ3v) is 4.89. The monoisotopic (exact) mass is 243 g/mol. The average Bonchev–Trinajstić information content (AvgIpc) is 2.88. The Morgan fingerprint density at radius 2 is 2.44 bits per heavy atom. The summed E-state index contributed by atoms with van der Waals surface area (Å²) in [6, 6.07) is 0. The maximum Gasteiger partial charge on any atom is 0.246 e. The van der Waals surface area contributed by atoms with E-state index < -0.39 is 10.0 Å². The molecule has 1 fully saturated rings. The van der Waals surface area contributed by atoms with Gasteiger partial charge in [-0.05, 0) is 18.8 Å². The number of hydrogen-bond acceptors (Lipinski definition) is 3. The summed E-state index contributed by atoms with van der Waals surface area (Å²) in [6.45, 7) is 3.42. The molecule has 0 saturated carbocycles. The number of nitrogens with one attached hydrogen (secondary N) is 1. The van der Waals surface area contributed by atoms with E-state index in [1.807, 2.05) is 0 Å². The van der Waals surface area contributed by atoms with Gasteiger partial charge in [0, 0.05) is 19.3 Å². The van der Waals surface area contributed by atoms with Crippen molar-refractivity contribution >= 4 is 10.0 Å². The fourth-order valence-electron chi connectivity index (χ4n) is 2.19. The van der Waals surface area contributed by atoms with Gasteiger partial charge in [0.2, 0.25) is 10.0 Å². The van der Waals surface area contributed by atoms with E-state index in [-0.39, 0.29) is 4.90 Å². The Morgan fingerprint density at radius 1 is 1.62 bits per heavy atom. The van der Waals surface area contributed by atoms with Gasteiger partial charge in [-0.25, -0.2) is 8.42 Å². The zero-order chi connectivity index (χ0) is 11.6. The van der Waals surface area contributed by atoms with Gasteiger partial charge in [0.25, 0.3) is 0 Å². The molecule has 5 nitrogen and oxygen atoms in total. The quantitative estimate of drug-likeness (QED) is 0.864. The van der Waals surface area contributed by atoms with E-state index in [1.54, 1.807) is 4.31 Å². The van der Waals surface area contributed by atoms with Gasteiger partial charge in [0.1, 0.15) is 4.90 Å². The van der Waals surface area contributed by atoms with Gasteiger partial charge >= 0.3 is 0 Å². The van der Waals surface area contributed by atoms with Gasteiger partial charge in [-0.15, -0.1) is 0 Å². The van der Waals surface area contributed by atoms with Crippen LogP contribution in [0.15, 0.2) is 17.3 Å². The van der Waals surface area contributed by atoms with E-state index >= 15 is 0 Å². The molecule has 0 bridgehead atoms. The van der Waals surface area contributed by atoms with Crippen LogP contribution < -0.4 is 0 Å². The van der Waals surface area contributed by atoms with E-state index in [9.17, 15) is 8.42 Å². The molecule has 1 aliphatic heterocycles. The number of H-pyrrole nitrogens is 1. The summed E-state index contributed by atoms with van der Waals surface area (Å²) < 4.78 is 25.8. The van der Waals surface area contributed by atoms with Gasteiger partial charge in [-0.1, -0.05) is 13.3 Å². The molecule has 16 heavy (non-hydrogen) atoms. The predicted molar refractivity (Wildman–Crippen MR) is 60.4 cm³/mol. The molecule has 0 spiro atoms. The molecule has 0 radical (unpaired) electrons. The number of rotatable bonds is 4. The van der Waals surface area contributed by atoms with Crippen LogP contribution in [-0.4, -0.2) is 36.0 Å². The third kappa shape index (κ3) is 2.12. The molecule has 2 rings (SSSR count). The molecular formula is C10H17N3O2S. The molecule has 0 aliphatic carbocycles. The van der Waals surface area contributed by atoms with Crippen LogP contribution in [0.1, 0.15) is 26.2 Å². The summed E-state index contributed by atoms with van der Waals surface area (Å²) in [5, 5.41) is 6.22. The summed E-state index contributed by atoms with van der Waals surface area (Å²) in [4.78, 5) is 0.268. The van der Waals surface area contributed by atoms with E-state index in [1.165, 1.54) is 12.4 Å². The molecule has 1 aromatic rings. The lowest BCUT2D eigenvalue weighted by Crippen LogP contribution is -2.28. The summed E-state index contributed by atoms with van der Waals surface area (Å²) in [5.41, 5.74) is 0. The van der Waals surface area contributed by atoms with Crippen molar-refractivity contribution in [2.45, 2.75) is 31.1 Å². The topological polar surface area (TPSA) is 66.1 Å². The Labute approximate surface area is 95.9 Å². The van der Waals surface area contributed by atoms with Crippen molar-refractivity contribution in [3.63, 3.8) is 0 Å². The molecule has 0 amide bonds. The van der Waals surface area contributed by atoms with Gasteiger partial charge in [-0.2, -0.15) is 9.40 Å². The molecule has 0 aromatic carbocycles. The number of sulfonamides is 1. The standard InChI is InChI=1S/C10H17N3O2S/c1-2-3-9-4-5-13(8-9)16(14,15)10-6-11-12-7-10/h6-7,9H,2-5,8H2,1H3,(H,11,12). The second-order valence-corrected chi connectivity index (χ2v) is 6.18. The van der Waals surface area contributed by atoms with Crippen LogP contribution in [0.25, 0.3) is 0 Å². The van der Waals surface area contributed by atoms with Crippen LogP contribution in [0, 0.1) is 5.92 Å². The Morgan fingerprint density at radius 3 is 3.06 bits per heavy atom. The first-order valence-electron chi connectivity index (χ1n) is 5.63. The van der Waals surface area contributed by atoms with Crippen LogP contribution >= 0.6 is 0 Å². The maximum absolute atomic E-state index is 12.1. The van der Waals surface area contributed by atoms with Crippen LogP contribution in [-0.2, 0) is 10.0 Å². The summed E-state index contributed by atoms with van der Waals surface area (Å²) in [6.07, 6.45) is 6.00. The van der Waals surface area contributed by atoms with Crippen molar-refractivity contribution in [1.82, 2.24) is 14.5 Å². The first-order chi connectivity index (χ1) is 7.64. The molecule has 1 aromatic heterocycles. The van der Waals surface area contributed by atoms with Crippen molar-refractivity contribution in [1.29, 1.82) is 0 Å². The Bertz CT molecular complexity index is 427. The normalized spacial score (nSPS) is 22.7. The van der Waals surface area contributed by atoms with Gasteiger partial charge in [0.05, 0.1) is 6.20 Å². The van der Waals surface area contributed by atoms with Crippen molar-refractivity contribution in [3.05, 3.63) is 12.4 Å². The zero-order valence-corrected chi connectivity index (χ0v) is 10.2. The highest BCUT2D eigenvalue weighted by Gasteiger charge is 2.32. The summed E-state index contributed by atoms with van der Waals surface area (Å²) in [5.74, 6) is 0.520. The second-order valence-electron chi connectivity index (χ2n) is 4.24. The summed E-state index contributed by atoms with van der Waals surface area (Å²) in [7, 11) is -3.31. The van der Waals surface area contributed by atoms with E-state index in [0.717, 1.165) is 19.3 Å². The maximum atomic E-state index is 12.1. The minimum Gasteiger partial charge on any atom is -0.284 e. The lowest BCUT2D eigenvalue weighted by Gasteiger charge is -2.14. The van der Waals surface area contributed by atoms with Crippen LogP contribution in [0.3, 0.4) is 0 Å². The van der Waals surface area contributed by atoms with E-state index in [4.69, 9.17) is 0 Å². The highest BCUT2D eigenvalue weighted by atomic mass is 32.2. The largest absolute Gasteiger partial charge is 0.284 e. The van der Waals surface area contributed by atoms with Crippen LogP contribution in [0.2, 0.25) is 0 Å². The molecule has 1 unspecified atom stereocenters. The fraction of sp³-hybridized carbons (Fsp3) is 0.700. The van der Waals surface area contributed by atoms with Crippen molar-refractivity contribution in [2.75, 3.05) is 13.1 Å². The van der Waals surface area contributed by atoms with Crippen molar-refractivity contribution in [3.8, 4) is 0 Å². The molecule has 2 heterocycles. The zero-order valence-electron chi connectivity index (χ0n) is 9.39. The Hall–Kier alpha value is -0.880. The number of aromatic amines is 1. The first-order valence-corrected chi connectivity index (χ1v) is 7.07. The van der Waals surface area contributed by atoms with Gasteiger partial charge in [-0.3, -0.25) is 5.10 Å². The summed E-state index contributed by atoms with van der Waals surface area (Å²) >= 11 is 0. The number of aromatic nitrogens is 2. The molecular weight excluding hydrogens is 226 g/mol. The number of nitrogens with zero attached hydrogens (tertiary/aromatic N) is 2. The minimum atomic E-state index is -3.31. The molecule has 1 aliphatic rings.